The fourth-order valence-electron chi connectivity index (χ4n) is 1.70. The van der Waals surface area contributed by atoms with Crippen molar-refractivity contribution < 1.29 is 23.4 Å². The van der Waals surface area contributed by atoms with Crippen LogP contribution in [0.3, 0.4) is 0 Å². The Morgan fingerprint density at radius 1 is 1.22 bits per heavy atom. The van der Waals surface area contributed by atoms with Crippen LogP contribution in [0, 0.1) is 0 Å². The molecule has 18 heavy (non-hydrogen) atoms. The minimum atomic E-state index is -4.69. The summed E-state index contributed by atoms with van der Waals surface area (Å²) in [5, 5.41) is 18.7. The molecule has 2 unspecified atom stereocenters. The number of aliphatic hydroxyl groups is 2. The van der Waals surface area contributed by atoms with Gasteiger partial charge in [-0.15, -0.1) is 0 Å². The predicted octanol–water partition coefficient (Wildman–Crippen LogP) is -0.381. The third-order valence-electron chi connectivity index (χ3n) is 2.57. The Kier molecular flexibility index (Phi) is 3.03. The lowest BCUT2D eigenvalue weighted by Gasteiger charge is -2.17. The number of nitrogens with two attached hydrogens (primary N) is 1. The molecule has 1 aliphatic rings. The lowest BCUT2D eigenvalue weighted by atomic mass is 10.3. The number of alkyl halides is 3. The maximum Gasteiger partial charge on any atom is 0.451 e. The molecule has 0 radical (unpaired) electrons. The lowest BCUT2D eigenvalue weighted by molar-refractivity contribution is -0.144. The van der Waals surface area contributed by atoms with Crippen molar-refractivity contribution in [1.82, 2.24) is 9.97 Å². The highest BCUT2D eigenvalue weighted by Crippen LogP contribution is 2.29. The summed E-state index contributed by atoms with van der Waals surface area (Å²) in [5.41, 5.74) is 5.29. The quantitative estimate of drug-likeness (QED) is 0.640. The molecule has 2 heterocycles. The standard InChI is InChI=1S/C9H11F3N4O2/c10-9(11,12)8-14-6(13)1-7(15-8)16-2-4(17)5(18)3-16/h1,4-5,17-18H,2-3H2,(H2,13,14,15). The summed E-state index contributed by atoms with van der Waals surface area (Å²) >= 11 is 0. The molecule has 9 heteroatoms. The van der Waals surface area contributed by atoms with Crippen LogP contribution in [0.25, 0.3) is 0 Å². The van der Waals surface area contributed by atoms with Crippen molar-refractivity contribution >= 4 is 11.6 Å². The zero-order valence-electron chi connectivity index (χ0n) is 9.09. The molecule has 1 saturated heterocycles. The van der Waals surface area contributed by atoms with E-state index in [-0.39, 0.29) is 24.7 Å². The number of anilines is 2. The van der Waals surface area contributed by atoms with Crippen molar-refractivity contribution in [2.75, 3.05) is 23.7 Å². The van der Waals surface area contributed by atoms with Crippen LogP contribution in [0.4, 0.5) is 24.8 Å². The molecule has 0 amide bonds. The molecule has 2 atom stereocenters. The highest BCUT2D eigenvalue weighted by molar-refractivity contribution is 5.48. The summed E-state index contributed by atoms with van der Waals surface area (Å²) in [6.07, 6.45) is -6.73. The maximum atomic E-state index is 12.5. The zero-order valence-corrected chi connectivity index (χ0v) is 9.09. The molecule has 0 spiro atoms. The van der Waals surface area contributed by atoms with E-state index in [0.29, 0.717) is 0 Å². The smallest absolute Gasteiger partial charge is 0.389 e. The van der Waals surface area contributed by atoms with Gasteiger partial charge in [-0.1, -0.05) is 0 Å². The number of aromatic nitrogens is 2. The SMILES string of the molecule is Nc1cc(N2CC(O)C(O)C2)nc(C(F)(F)F)n1. The third-order valence-corrected chi connectivity index (χ3v) is 2.57. The number of β-amino-alcohol motifs (C(OH)–C–C–N with tert-alkyl or cyclic N) is 2. The van der Waals surface area contributed by atoms with Gasteiger partial charge in [-0.25, -0.2) is 9.97 Å². The molecule has 1 fully saturated rings. The highest BCUT2D eigenvalue weighted by atomic mass is 19.4. The molecular weight excluding hydrogens is 253 g/mol. The van der Waals surface area contributed by atoms with Gasteiger partial charge >= 0.3 is 6.18 Å². The summed E-state index contributed by atoms with van der Waals surface area (Å²) in [7, 11) is 0. The first-order valence-corrected chi connectivity index (χ1v) is 5.10. The van der Waals surface area contributed by atoms with E-state index in [0.717, 1.165) is 0 Å². The van der Waals surface area contributed by atoms with Gasteiger partial charge < -0.3 is 20.8 Å². The number of hydrogen-bond donors (Lipinski definition) is 3. The molecule has 2 rings (SSSR count). The Balaban J connectivity index is 2.32. The first-order valence-electron chi connectivity index (χ1n) is 5.10. The van der Waals surface area contributed by atoms with Crippen LogP contribution in [-0.4, -0.2) is 45.5 Å². The van der Waals surface area contributed by atoms with Crippen LogP contribution in [-0.2, 0) is 6.18 Å². The van der Waals surface area contributed by atoms with Crippen molar-refractivity contribution in [3.05, 3.63) is 11.9 Å². The third kappa shape index (κ3) is 2.46. The molecule has 0 bridgehead atoms. The fraction of sp³-hybridized carbons (Fsp3) is 0.556. The summed E-state index contributed by atoms with van der Waals surface area (Å²) < 4.78 is 37.5. The number of halogens is 3. The average molecular weight is 264 g/mol. The van der Waals surface area contributed by atoms with Crippen LogP contribution in [0.2, 0.25) is 0 Å². The van der Waals surface area contributed by atoms with Crippen molar-refractivity contribution in [2.24, 2.45) is 0 Å². The van der Waals surface area contributed by atoms with Crippen LogP contribution in [0.1, 0.15) is 5.82 Å². The summed E-state index contributed by atoms with van der Waals surface area (Å²) in [5.74, 6) is -1.72. The Labute approximate surface area is 99.9 Å². The second kappa shape index (κ2) is 4.25. The lowest BCUT2D eigenvalue weighted by Crippen LogP contribution is -2.24. The van der Waals surface area contributed by atoms with Crippen LogP contribution in [0.5, 0.6) is 0 Å². The molecule has 1 aliphatic heterocycles. The van der Waals surface area contributed by atoms with Gasteiger partial charge in [-0.3, -0.25) is 0 Å². The molecule has 0 aromatic carbocycles. The first kappa shape index (κ1) is 12.8. The number of nitrogens with zero attached hydrogens (tertiary/aromatic N) is 3. The molecular formula is C9H11F3N4O2. The van der Waals surface area contributed by atoms with Crippen molar-refractivity contribution in [1.29, 1.82) is 0 Å². The molecule has 6 nitrogen and oxygen atoms in total. The number of nitrogen functional groups attached to an aromatic ring is 1. The van der Waals surface area contributed by atoms with Crippen LogP contribution >= 0.6 is 0 Å². The molecule has 1 aromatic rings. The van der Waals surface area contributed by atoms with E-state index in [4.69, 9.17) is 5.73 Å². The topological polar surface area (TPSA) is 95.5 Å². The number of aliphatic hydroxyl groups excluding tert-OH is 2. The van der Waals surface area contributed by atoms with E-state index >= 15 is 0 Å². The predicted molar refractivity (Wildman–Crippen MR) is 55.7 cm³/mol. The summed E-state index contributed by atoms with van der Waals surface area (Å²) in [6.45, 7) is -0.0101. The van der Waals surface area contributed by atoms with Crippen molar-refractivity contribution in [3.63, 3.8) is 0 Å². The van der Waals surface area contributed by atoms with Crippen molar-refractivity contribution in [2.45, 2.75) is 18.4 Å². The van der Waals surface area contributed by atoms with E-state index in [1.807, 2.05) is 0 Å². The van der Waals surface area contributed by atoms with E-state index in [2.05, 4.69) is 9.97 Å². The Hall–Kier alpha value is -1.61. The van der Waals surface area contributed by atoms with E-state index in [1.165, 1.54) is 11.0 Å². The van der Waals surface area contributed by atoms with Gasteiger partial charge in [0.15, 0.2) is 0 Å². The first-order chi connectivity index (χ1) is 8.27. The normalized spacial score (nSPS) is 24.6. The fourth-order valence-corrected chi connectivity index (χ4v) is 1.70. The van der Waals surface area contributed by atoms with E-state index in [1.54, 1.807) is 0 Å². The van der Waals surface area contributed by atoms with Crippen molar-refractivity contribution in [3.8, 4) is 0 Å². The van der Waals surface area contributed by atoms with E-state index < -0.39 is 24.2 Å². The van der Waals surface area contributed by atoms with Gasteiger partial charge in [-0.05, 0) is 0 Å². The van der Waals surface area contributed by atoms with E-state index in [9.17, 15) is 23.4 Å². The van der Waals surface area contributed by atoms with Gasteiger partial charge in [0.05, 0.1) is 12.2 Å². The highest BCUT2D eigenvalue weighted by Gasteiger charge is 2.37. The van der Waals surface area contributed by atoms with Crippen LogP contribution in [0.15, 0.2) is 6.07 Å². The second-order valence-electron chi connectivity index (χ2n) is 4.01. The zero-order chi connectivity index (χ0) is 13.5. The Morgan fingerprint density at radius 2 is 1.78 bits per heavy atom. The Bertz CT molecular complexity index is 444. The van der Waals surface area contributed by atoms with Gasteiger partial charge in [-0.2, -0.15) is 13.2 Å². The second-order valence-corrected chi connectivity index (χ2v) is 4.01. The number of rotatable bonds is 1. The van der Waals surface area contributed by atoms with Gasteiger partial charge in [0.1, 0.15) is 11.6 Å². The minimum absolute atomic E-state index is 0.00504. The maximum absolute atomic E-state index is 12.5. The average Bonchev–Trinajstić information content (AvgIpc) is 2.57. The molecule has 1 aromatic heterocycles. The monoisotopic (exact) mass is 264 g/mol. The molecule has 4 N–H and O–H groups in total. The summed E-state index contributed by atoms with van der Waals surface area (Å²) in [4.78, 5) is 7.77. The summed E-state index contributed by atoms with van der Waals surface area (Å²) in [6, 6.07) is 1.17. The number of hydrogen-bond acceptors (Lipinski definition) is 6. The Morgan fingerprint density at radius 3 is 2.28 bits per heavy atom. The van der Waals surface area contributed by atoms with Gasteiger partial charge in [0.2, 0.25) is 5.82 Å². The molecule has 0 aliphatic carbocycles. The van der Waals surface area contributed by atoms with Gasteiger partial charge in [0.25, 0.3) is 0 Å². The van der Waals surface area contributed by atoms with Gasteiger partial charge in [0, 0.05) is 19.2 Å². The van der Waals surface area contributed by atoms with Crippen LogP contribution < -0.4 is 10.6 Å². The minimum Gasteiger partial charge on any atom is -0.389 e. The molecule has 100 valence electrons. The largest absolute Gasteiger partial charge is 0.451 e. The molecule has 0 saturated carbocycles.